The Labute approximate surface area is 87.6 Å². The molecule has 1 rings (SSSR count). The van der Waals surface area contributed by atoms with Gasteiger partial charge in [-0.25, -0.2) is 0 Å². The van der Waals surface area contributed by atoms with Gasteiger partial charge in [-0.2, -0.15) is 0 Å². The SMILES string of the molecule is CCC/N=C\C1=CCCC(CC)=C1C. The summed E-state index contributed by atoms with van der Waals surface area (Å²) in [5.74, 6) is 0. The number of aliphatic imine (C=N–C) groups is 1. The highest BCUT2D eigenvalue weighted by Gasteiger charge is 2.08. The minimum atomic E-state index is 0.950. The largest absolute Gasteiger partial charge is 0.293 e. The molecule has 0 fully saturated rings. The molecule has 1 heteroatoms. The number of hydrogen-bond acceptors (Lipinski definition) is 1. The van der Waals surface area contributed by atoms with Crippen LogP contribution in [0.2, 0.25) is 0 Å². The van der Waals surface area contributed by atoms with E-state index < -0.39 is 0 Å². The molecule has 0 bridgehead atoms. The van der Waals surface area contributed by atoms with Gasteiger partial charge < -0.3 is 0 Å². The van der Waals surface area contributed by atoms with E-state index in [1.807, 2.05) is 6.21 Å². The van der Waals surface area contributed by atoms with Crippen LogP contribution < -0.4 is 0 Å². The molecule has 0 saturated heterocycles. The van der Waals surface area contributed by atoms with Crippen LogP contribution >= 0.6 is 0 Å². The molecule has 0 unspecified atom stereocenters. The zero-order valence-electron chi connectivity index (χ0n) is 9.64. The Bertz CT molecular complexity index is 269. The molecule has 1 aliphatic rings. The summed E-state index contributed by atoms with van der Waals surface area (Å²) in [6.45, 7) is 7.57. The molecule has 0 heterocycles. The van der Waals surface area contributed by atoms with E-state index in [9.17, 15) is 0 Å². The molecule has 0 amide bonds. The predicted molar refractivity (Wildman–Crippen MR) is 64.0 cm³/mol. The molecule has 0 radical (unpaired) electrons. The van der Waals surface area contributed by atoms with Crippen molar-refractivity contribution in [3.05, 3.63) is 22.8 Å². The third-order valence-electron chi connectivity index (χ3n) is 2.78. The van der Waals surface area contributed by atoms with E-state index in [4.69, 9.17) is 0 Å². The summed E-state index contributed by atoms with van der Waals surface area (Å²) in [5.41, 5.74) is 4.41. The van der Waals surface area contributed by atoms with Gasteiger partial charge >= 0.3 is 0 Å². The summed E-state index contributed by atoms with van der Waals surface area (Å²) >= 11 is 0. The maximum Gasteiger partial charge on any atom is 0.0386 e. The lowest BCUT2D eigenvalue weighted by Gasteiger charge is -2.15. The van der Waals surface area contributed by atoms with Gasteiger partial charge in [0.15, 0.2) is 0 Å². The Morgan fingerprint density at radius 2 is 2.21 bits per heavy atom. The summed E-state index contributed by atoms with van der Waals surface area (Å²) in [4.78, 5) is 4.41. The van der Waals surface area contributed by atoms with E-state index in [1.54, 1.807) is 5.57 Å². The third-order valence-corrected chi connectivity index (χ3v) is 2.78. The Morgan fingerprint density at radius 1 is 1.43 bits per heavy atom. The van der Waals surface area contributed by atoms with E-state index in [2.05, 4.69) is 31.8 Å². The van der Waals surface area contributed by atoms with Gasteiger partial charge in [-0.3, -0.25) is 4.99 Å². The first kappa shape index (κ1) is 11.2. The fraction of sp³-hybridized carbons (Fsp3) is 0.615. The molecule has 0 saturated carbocycles. The van der Waals surface area contributed by atoms with Crippen molar-refractivity contribution < 1.29 is 0 Å². The topological polar surface area (TPSA) is 12.4 Å². The van der Waals surface area contributed by atoms with Crippen molar-refractivity contribution in [2.24, 2.45) is 4.99 Å². The maximum absolute atomic E-state index is 4.41. The van der Waals surface area contributed by atoms with Crippen LogP contribution in [0.15, 0.2) is 27.8 Å². The molecule has 0 aromatic rings. The minimum Gasteiger partial charge on any atom is -0.293 e. The molecule has 0 atom stereocenters. The number of allylic oxidation sites excluding steroid dienone is 4. The maximum atomic E-state index is 4.41. The first-order valence-electron chi connectivity index (χ1n) is 5.68. The summed E-state index contributed by atoms with van der Waals surface area (Å²) in [5, 5.41) is 0. The average molecular weight is 191 g/mol. The predicted octanol–water partition coefficient (Wildman–Crippen LogP) is 3.91. The molecule has 0 aliphatic heterocycles. The Hall–Kier alpha value is -0.850. The van der Waals surface area contributed by atoms with Crippen LogP contribution in [0.3, 0.4) is 0 Å². The van der Waals surface area contributed by atoms with Crippen molar-refractivity contribution in [3.63, 3.8) is 0 Å². The van der Waals surface area contributed by atoms with Crippen molar-refractivity contribution in [2.75, 3.05) is 6.54 Å². The Kier molecular flexibility index (Phi) is 4.64. The lowest BCUT2D eigenvalue weighted by Crippen LogP contribution is -1.99. The minimum absolute atomic E-state index is 0.950. The van der Waals surface area contributed by atoms with E-state index in [1.165, 1.54) is 30.4 Å². The summed E-state index contributed by atoms with van der Waals surface area (Å²) < 4.78 is 0. The van der Waals surface area contributed by atoms with Gasteiger partial charge in [-0.05, 0) is 43.8 Å². The van der Waals surface area contributed by atoms with Crippen molar-refractivity contribution >= 4 is 6.21 Å². The standard InChI is InChI=1S/C13H21N/c1-4-9-14-10-13-8-6-7-12(5-2)11(13)3/h8,10H,4-7,9H2,1-3H3/b14-10-. The fourth-order valence-electron chi connectivity index (χ4n) is 1.83. The smallest absolute Gasteiger partial charge is 0.0386 e. The van der Waals surface area contributed by atoms with Gasteiger partial charge in [0, 0.05) is 12.8 Å². The highest BCUT2D eigenvalue weighted by atomic mass is 14.7. The van der Waals surface area contributed by atoms with E-state index in [-0.39, 0.29) is 0 Å². The summed E-state index contributed by atoms with van der Waals surface area (Å²) in [6, 6.07) is 0. The van der Waals surface area contributed by atoms with Gasteiger partial charge in [0.1, 0.15) is 0 Å². The lowest BCUT2D eigenvalue weighted by atomic mass is 9.91. The van der Waals surface area contributed by atoms with Crippen LogP contribution in [-0.4, -0.2) is 12.8 Å². The van der Waals surface area contributed by atoms with Crippen LogP contribution in [-0.2, 0) is 0 Å². The monoisotopic (exact) mass is 191 g/mol. The number of rotatable bonds is 4. The molecule has 0 N–H and O–H groups in total. The Morgan fingerprint density at radius 3 is 2.86 bits per heavy atom. The molecular formula is C13H21N. The average Bonchev–Trinajstić information content (AvgIpc) is 2.21. The second kappa shape index (κ2) is 5.79. The van der Waals surface area contributed by atoms with E-state index >= 15 is 0 Å². The molecule has 1 nitrogen and oxygen atoms in total. The van der Waals surface area contributed by atoms with Crippen LogP contribution in [0.1, 0.15) is 46.5 Å². The fourth-order valence-corrected chi connectivity index (χ4v) is 1.83. The molecule has 0 spiro atoms. The van der Waals surface area contributed by atoms with Gasteiger partial charge in [-0.15, -0.1) is 0 Å². The Balaban J connectivity index is 2.69. The molecule has 14 heavy (non-hydrogen) atoms. The van der Waals surface area contributed by atoms with E-state index in [0.29, 0.717) is 0 Å². The van der Waals surface area contributed by atoms with Gasteiger partial charge in [0.2, 0.25) is 0 Å². The summed E-state index contributed by atoms with van der Waals surface area (Å²) in [7, 11) is 0. The van der Waals surface area contributed by atoms with Crippen molar-refractivity contribution in [2.45, 2.75) is 46.5 Å². The van der Waals surface area contributed by atoms with Crippen molar-refractivity contribution in [3.8, 4) is 0 Å². The van der Waals surface area contributed by atoms with Crippen molar-refractivity contribution in [1.29, 1.82) is 0 Å². The zero-order chi connectivity index (χ0) is 10.4. The molecule has 0 aromatic heterocycles. The second-order valence-electron chi connectivity index (χ2n) is 3.82. The molecule has 78 valence electrons. The highest BCUT2D eigenvalue weighted by molar-refractivity contribution is 5.85. The van der Waals surface area contributed by atoms with E-state index in [0.717, 1.165) is 13.0 Å². The number of nitrogens with zero attached hydrogens (tertiary/aromatic N) is 1. The van der Waals surface area contributed by atoms with Gasteiger partial charge in [0.25, 0.3) is 0 Å². The molecule has 1 aliphatic carbocycles. The first-order valence-corrected chi connectivity index (χ1v) is 5.68. The van der Waals surface area contributed by atoms with Crippen LogP contribution in [0.5, 0.6) is 0 Å². The normalized spacial score (nSPS) is 17.8. The zero-order valence-corrected chi connectivity index (χ0v) is 9.64. The van der Waals surface area contributed by atoms with Crippen molar-refractivity contribution in [1.82, 2.24) is 0 Å². The molecule has 0 aromatic carbocycles. The highest BCUT2D eigenvalue weighted by Crippen LogP contribution is 2.25. The summed E-state index contributed by atoms with van der Waals surface area (Å²) in [6.07, 6.45) is 9.11. The first-order chi connectivity index (χ1) is 6.79. The second-order valence-corrected chi connectivity index (χ2v) is 3.82. The van der Waals surface area contributed by atoms with Crippen LogP contribution in [0.25, 0.3) is 0 Å². The van der Waals surface area contributed by atoms with Gasteiger partial charge in [-0.1, -0.05) is 25.5 Å². The number of hydrogen-bond donors (Lipinski definition) is 0. The quantitative estimate of drug-likeness (QED) is 0.597. The van der Waals surface area contributed by atoms with Gasteiger partial charge in [0.05, 0.1) is 0 Å². The van der Waals surface area contributed by atoms with Crippen LogP contribution in [0.4, 0.5) is 0 Å². The van der Waals surface area contributed by atoms with Crippen LogP contribution in [0, 0.1) is 0 Å². The lowest BCUT2D eigenvalue weighted by molar-refractivity contribution is 0.868. The third kappa shape index (κ3) is 2.83. The molecular weight excluding hydrogens is 170 g/mol.